The smallest absolute Gasteiger partial charge is 0.0927 e. The van der Waals surface area contributed by atoms with Crippen LogP contribution in [0.1, 0.15) is 6.42 Å². The first kappa shape index (κ1) is 19.1. The number of halogens is 2. The fourth-order valence-corrected chi connectivity index (χ4v) is 2.70. The van der Waals surface area contributed by atoms with Gasteiger partial charge in [-0.2, -0.15) is 11.2 Å². The van der Waals surface area contributed by atoms with Crippen LogP contribution < -0.4 is 0 Å². The summed E-state index contributed by atoms with van der Waals surface area (Å²) in [6.45, 7) is 0. The molecule has 0 N–H and O–H groups in total. The molecule has 0 spiro atoms. The molecule has 26 heavy (non-hydrogen) atoms. The second-order valence-corrected chi connectivity index (χ2v) is 8.13. The van der Waals surface area contributed by atoms with E-state index in [-0.39, 0.29) is 0 Å². The Hall–Kier alpha value is -1.71. The van der Waals surface area contributed by atoms with Gasteiger partial charge in [-0.1, -0.05) is 24.3 Å². The summed E-state index contributed by atoms with van der Waals surface area (Å²) >= 11 is -0.556. The Balaban J connectivity index is 0.000000207. The van der Waals surface area contributed by atoms with Crippen molar-refractivity contribution in [2.75, 3.05) is 0 Å². The monoisotopic (exact) mass is 414 g/mol. The Kier molecular flexibility index (Phi) is 7.22. The van der Waals surface area contributed by atoms with Crippen LogP contribution in [0.3, 0.4) is 0 Å². The van der Waals surface area contributed by atoms with Gasteiger partial charge in [-0.05, 0) is 11.8 Å². The molecule has 0 bridgehead atoms. The predicted octanol–water partition coefficient (Wildman–Crippen LogP) is 6.58. The molecule has 0 radical (unpaired) electrons. The SMILES string of the molecule is [C-]1=CC=CC1.[Cl][Ti][Cl].c1ccc2[cH-]c(-n3cc4ccccc4n3)cc2c1. The van der Waals surface area contributed by atoms with Gasteiger partial charge in [0.2, 0.25) is 0 Å². The predicted molar refractivity (Wildman–Crippen MR) is 107 cm³/mol. The van der Waals surface area contributed by atoms with Gasteiger partial charge in [0.25, 0.3) is 0 Å². The minimum atomic E-state index is -0.556. The first-order valence-corrected chi connectivity index (χ1v) is 12.4. The molecular formula is C21H16Cl2N2Ti-2. The third-order valence-electron chi connectivity index (χ3n) is 3.87. The molecule has 0 fully saturated rings. The number of rotatable bonds is 1. The Labute approximate surface area is 169 Å². The van der Waals surface area contributed by atoms with Crippen molar-refractivity contribution in [1.29, 1.82) is 0 Å². The largest absolute Gasteiger partial charge is 0.259 e. The molecule has 0 aliphatic heterocycles. The standard InChI is InChI=1S/C16H11N2.C5H5.2ClH.Ti/c1-2-6-13-10-15(9-12(13)5-1)18-11-14-7-3-4-8-16(14)17-18;1-2-4-5-3-1;;;/h1-11H;1-3H,4H2;2*1H;/q2*-1;;;+2/p-2. The average molecular weight is 415 g/mol. The molecule has 1 heterocycles. The third kappa shape index (κ3) is 4.93. The van der Waals surface area contributed by atoms with Gasteiger partial charge in [-0.15, -0.1) is 47.5 Å². The molecule has 1 aromatic heterocycles. The van der Waals surface area contributed by atoms with Gasteiger partial charge in [-0.25, -0.2) is 12.2 Å². The fraction of sp³-hybridized carbons (Fsp3) is 0.0476. The molecule has 0 saturated carbocycles. The number of hydrogen-bond acceptors (Lipinski definition) is 1. The number of benzene rings is 2. The van der Waals surface area contributed by atoms with E-state index in [2.05, 4.69) is 65.9 Å². The molecule has 2 nitrogen and oxygen atoms in total. The molecule has 1 aliphatic carbocycles. The average Bonchev–Trinajstić information content (AvgIpc) is 3.42. The minimum absolute atomic E-state index is 0.556. The van der Waals surface area contributed by atoms with Gasteiger partial charge >= 0.3 is 35.6 Å². The van der Waals surface area contributed by atoms with Crippen LogP contribution in [-0.2, 0) is 17.0 Å². The van der Waals surface area contributed by atoms with E-state index >= 15 is 0 Å². The number of hydrogen-bond donors (Lipinski definition) is 0. The molecule has 0 amide bonds. The molecule has 1 aliphatic rings. The molecule has 5 heteroatoms. The molecular weight excluding hydrogens is 399 g/mol. The van der Waals surface area contributed by atoms with Gasteiger partial charge in [-0.3, -0.25) is 10.8 Å². The van der Waals surface area contributed by atoms with Gasteiger partial charge in [0, 0.05) is 11.6 Å². The van der Waals surface area contributed by atoms with Crippen LogP contribution in [0.15, 0.2) is 85.1 Å². The number of aromatic nitrogens is 2. The Bertz CT molecular complexity index is 883. The summed E-state index contributed by atoms with van der Waals surface area (Å²) < 4.78 is 1.95. The summed E-state index contributed by atoms with van der Waals surface area (Å²) in [4.78, 5) is 0. The zero-order valence-corrected chi connectivity index (χ0v) is 17.0. The maximum atomic E-state index is 4.89. The molecule has 0 saturated heterocycles. The molecule has 5 rings (SSSR count). The molecule has 3 aromatic carbocycles. The summed E-state index contributed by atoms with van der Waals surface area (Å²) in [7, 11) is 9.78. The molecule has 0 unspecified atom stereocenters. The van der Waals surface area contributed by atoms with Crippen LogP contribution >= 0.6 is 18.6 Å². The second kappa shape index (κ2) is 9.84. The van der Waals surface area contributed by atoms with Crippen molar-refractivity contribution in [2.45, 2.75) is 6.42 Å². The maximum Gasteiger partial charge on any atom is 0.0927 e. The zero-order chi connectivity index (χ0) is 18.2. The van der Waals surface area contributed by atoms with Gasteiger partial charge in [0.1, 0.15) is 0 Å². The van der Waals surface area contributed by atoms with Gasteiger partial charge < -0.3 is 0 Å². The molecule has 130 valence electrons. The van der Waals surface area contributed by atoms with Crippen LogP contribution in [0.2, 0.25) is 0 Å². The topological polar surface area (TPSA) is 17.8 Å². The van der Waals surface area contributed by atoms with E-state index in [1.807, 2.05) is 35.0 Å². The Morgan fingerprint density at radius 2 is 1.77 bits per heavy atom. The molecule has 0 atom stereocenters. The van der Waals surface area contributed by atoms with Crippen molar-refractivity contribution >= 4 is 40.3 Å². The van der Waals surface area contributed by atoms with Gasteiger partial charge in [0.05, 0.1) is 5.52 Å². The summed E-state index contributed by atoms with van der Waals surface area (Å²) in [5, 5.41) is 8.28. The van der Waals surface area contributed by atoms with Crippen molar-refractivity contribution in [3.05, 3.63) is 91.2 Å². The van der Waals surface area contributed by atoms with Gasteiger partial charge in [0.15, 0.2) is 0 Å². The maximum absolute atomic E-state index is 4.89. The fourth-order valence-electron chi connectivity index (χ4n) is 2.70. The summed E-state index contributed by atoms with van der Waals surface area (Å²) in [5.74, 6) is 0. The van der Waals surface area contributed by atoms with Crippen LogP contribution in [0.4, 0.5) is 0 Å². The summed E-state index contributed by atoms with van der Waals surface area (Å²) in [5.41, 5.74) is 2.15. The Morgan fingerprint density at radius 1 is 1.04 bits per heavy atom. The van der Waals surface area contributed by atoms with E-state index < -0.39 is 17.0 Å². The minimum Gasteiger partial charge on any atom is -0.259 e. The van der Waals surface area contributed by atoms with E-state index in [9.17, 15) is 0 Å². The van der Waals surface area contributed by atoms with E-state index in [0.717, 1.165) is 17.6 Å². The van der Waals surface area contributed by atoms with E-state index in [0.29, 0.717) is 0 Å². The van der Waals surface area contributed by atoms with Crippen LogP contribution in [-0.4, -0.2) is 9.78 Å². The number of fused-ring (bicyclic) bond motifs is 2. The van der Waals surface area contributed by atoms with Crippen molar-refractivity contribution in [2.24, 2.45) is 0 Å². The van der Waals surface area contributed by atoms with E-state index in [4.69, 9.17) is 18.6 Å². The van der Waals surface area contributed by atoms with Crippen molar-refractivity contribution < 1.29 is 17.0 Å². The van der Waals surface area contributed by atoms with Crippen LogP contribution in [0.25, 0.3) is 27.4 Å². The van der Waals surface area contributed by atoms with E-state index in [1.165, 1.54) is 16.2 Å². The summed E-state index contributed by atoms with van der Waals surface area (Å²) in [6, 6.07) is 20.9. The normalized spacial score (nSPS) is 11.8. The van der Waals surface area contributed by atoms with E-state index in [1.54, 1.807) is 0 Å². The van der Waals surface area contributed by atoms with Crippen LogP contribution in [0.5, 0.6) is 0 Å². The first-order chi connectivity index (χ1) is 12.8. The quantitative estimate of drug-likeness (QED) is 0.254. The number of nitrogens with zero attached hydrogens (tertiary/aromatic N) is 2. The molecule has 4 aromatic rings. The van der Waals surface area contributed by atoms with Crippen molar-refractivity contribution in [3.63, 3.8) is 0 Å². The first-order valence-electron chi connectivity index (χ1n) is 8.10. The van der Waals surface area contributed by atoms with Crippen molar-refractivity contribution in [1.82, 2.24) is 9.78 Å². The summed E-state index contributed by atoms with van der Waals surface area (Å²) in [6.07, 6.45) is 12.1. The number of allylic oxidation sites excluding steroid dienone is 4. The second-order valence-electron chi connectivity index (χ2n) is 5.55. The third-order valence-corrected chi connectivity index (χ3v) is 3.87. The Morgan fingerprint density at radius 3 is 2.38 bits per heavy atom. The van der Waals surface area contributed by atoms with Crippen molar-refractivity contribution in [3.8, 4) is 5.69 Å². The van der Waals surface area contributed by atoms with Crippen LogP contribution in [0, 0.1) is 6.08 Å². The zero-order valence-electron chi connectivity index (χ0n) is 13.9.